The third-order valence-electron chi connectivity index (χ3n) is 3.10. The van der Waals surface area contributed by atoms with Crippen LogP contribution in [-0.4, -0.2) is 27.6 Å². The van der Waals surface area contributed by atoms with Crippen LogP contribution in [0.4, 0.5) is 10.1 Å². The number of hydrogen-bond donors (Lipinski definition) is 0. The highest BCUT2D eigenvalue weighted by Crippen LogP contribution is 2.23. The maximum absolute atomic E-state index is 13.1. The average molecular weight is 246 g/mol. The number of hydrogen-bond acceptors (Lipinski definition) is 4. The van der Waals surface area contributed by atoms with E-state index in [0.29, 0.717) is 18.4 Å². The van der Waals surface area contributed by atoms with Crippen molar-refractivity contribution in [2.24, 2.45) is 0 Å². The zero-order valence-corrected chi connectivity index (χ0v) is 9.58. The molecule has 0 aliphatic carbocycles. The van der Waals surface area contributed by atoms with Crippen LogP contribution in [0.15, 0.2) is 24.5 Å². The second-order valence-electron chi connectivity index (χ2n) is 4.18. The first-order valence-electron chi connectivity index (χ1n) is 5.64. The lowest BCUT2D eigenvalue weighted by atomic mass is 10.1. The highest BCUT2D eigenvalue weighted by Gasteiger charge is 2.19. The highest BCUT2D eigenvalue weighted by molar-refractivity contribution is 5.84. The fourth-order valence-electron chi connectivity index (χ4n) is 2.18. The van der Waals surface area contributed by atoms with Crippen molar-refractivity contribution in [3.8, 4) is 0 Å². The minimum Gasteiger partial charge on any atom is -0.362 e. The monoisotopic (exact) mass is 246 g/mol. The summed E-state index contributed by atoms with van der Waals surface area (Å²) in [5.74, 6) is 0.448. The molecule has 0 unspecified atom stereocenters. The quantitative estimate of drug-likeness (QED) is 0.748. The van der Waals surface area contributed by atoms with Gasteiger partial charge in [0.05, 0.1) is 6.54 Å². The maximum Gasteiger partial charge on any atom is 0.152 e. The number of aldehydes is 1. The zero-order chi connectivity index (χ0) is 12.5. The Bertz CT molecular complexity index is 596. The first-order valence-corrected chi connectivity index (χ1v) is 5.64. The molecular formula is C12H11FN4O. The van der Waals surface area contributed by atoms with E-state index >= 15 is 0 Å². The maximum atomic E-state index is 13.1. The van der Waals surface area contributed by atoms with E-state index in [1.807, 2.05) is 9.47 Å². The molecule has 5 nitrogen and oxygen atoms in total. The van der Waals surface area contributed by atoms with Crippen LogP contribution in [0.1, 0.15) is 16.2 Å². The van der Waals surface area contributed by atoms with Crippen molar-refractivity contribution in [3.05, 3.63) is 41.7 Å². The van der Waals surface area contributed by atoms with Gasteiger partial charge in [-0.2, -0.15) is 0 Å². The molecule has 0 spiro atoms. The number of carbonyl (C=O) groups excluding carboxylic acids is 1. The molecule has 1 aromatic carbocycles. The summed E-state index contributed by atoms with van der Waals surface area (Å²) in [6.07, 6.45) is 2.37. The van der Waals surface area contributed by atoms with Crippen LogP contribution in [0.25, 0.3) is 0 Å². The predicted octanol–water partition coefficient (Wildman–Crippen LogP) is 1.25. The molecule has 2 aromatic rings. The summed E-state index contributed by atoms with van der Waals surface area (Å²) in [4.78, 5) is 13.0. The largest absolute Gasteiger partial charge is 0.362 e. The van der Waals surface area contributed by atoms with Crippen LogP contribution >= 0.6 is 0 Å². The fraction of sp³-hybridized carbons (Fsp3) is 0.250. The number of anilines is 1. The molecule has 0 N–H and O–H groups in total. The number of nitrogens with zero attached hydrogens (tertiary/aromatic N) is 4. The summed E-state index contributed by atoms with van der Waals surface area (Å²) in [7, 11) is 0. The first-order chi connectivity index (χ1) is 8.78. The molecule has 1 aliphatic rings. The summed E-state index contributed by atoms with van der Waals surface area (Å²) < 4.78 is 15.1. The van der Waals surface area contributed by atoms with Gasteiger partial charge in [-0.25, -0.2) is 4.39 Å². The van der Waals surface area contributed by atoms with Crippen molar-refractivity contribution >= 4 is 12.0 Å². The Kier molecular flexibility index (Phi) is 2.55. The van der Waals surface area contributed by atoms with Gasteiger partial charge in [0, 0.05) is 24.3 Å². The molecule has 0 saturated carbocycles. The van der Waals surface area contributed by atoms with Crippen LogP contribution in [0.5, 0.6) is 0 Å². The second-order valence-corrected chi connectivity index (χ2v) is 4.18. The Labute approximate surface area is 103 Å². The van der Waals surface area contributed by atoms with Gasteiger partial charge < -0.3 is 9.47 Å². The minimum absolute atomic E-state index is 0.364. The van der Waals surface area contributed by atoms with Crippen LogP contribution in [0, 0.1) is 5.82 Å². The summed E-state index contributed by atoms with van der Waals surface area (Å²) in [6, 6.07) is 4.24. The van der Waals surface area contributed by atoms with Crippen molar-refractivity contribution in [3.63, 3.8) is 0 Å². The van der Waals surface area contributed by atoms with E-state index in [0.717, 1.165) is 24.6 Å². The van der Waals surface area contributed by atoms with Gasteiger partial charge in [-0.05, 0) is 18.2 Å². The fourth-order valence-corrected chi connectivity index (χ4v) is 2.18. The molecule has 2 heterocycles. The number of fused-ring (bicyclic) bond motifs is 1. The third kappa shape index (κ3) is 1.75. The smallest absolute Gasteiger partial charge is 0.152 e. The molecule has 1 aliphatic heterocycles. The van der Waals surface area contributed by atoms with Gasteiger partial charge in [-0.1, -0.05) is 0 Å². The summed E-state index contributed by atoms with van der Waals surface area (Å²) >= 11 is 0. The van der Waals surface area contributed by atoms with Crippen molar-refractivity contribution in [1.29, 1.82) is 0 Å². The molecule has 0 bridgehead atoms. The summed E-state index contributed by atoms with van der Waals surface area (Å²) in [6.45, 7) is 2.09. The molecule has 18 heavy (non-hydrogen) atoms. The molecule has 0 atom stereocenters. The Balaban J connectivity index is 1.95. The van der Waals surface area contributed by atoms with Crippen molar-refractivity contribution in [1.82, 2.24) is 14.8 Å². The van der Waals surface area contributed by atoms with E-state index in [1.165, 1.54) is 12.1 Å². The molecule has 6 heteroatoms. The Morgan fingerprint density at radius 1 is 1.33 bits per heavy atom. The van der Waals surface area contributed by atoms with E-state index in [9.17, 15) is 9.18 Å². The SMILES string of the molecule is O=Cc1cc(F)ccc1N1CCn2cnnc2C1. The standard InChI is InChI=1S/C12H11FN4O/c13-10-1-2-11(9(5-10)7-18)16-3-4-17-8-14-15-12(17)6-16/h1-2,5,7-8H,3-4,6H2. The molecule has 92 valence electrons. The first kappa shape index (κ1) is 10.9. The molecule has 3 rings (SSSR count). The minimum atomic E-state index is -0.402. The van der Waals surface area contributed by atoms with Crippen LogP contribution in [0.2, 0.25) is 0 Å². The number of benzene rings is 1. The summed E-state index contributed by atoms with van der Waals surface area (Å²) in [5, 5.41) is 7.86. The molecule has 0 saturated heterocycles. The van der Waals surface area contributed by atoms with Gasteiger partial charge in [0.2, 0.25) is 0 Å². The normalized spacial score (nSPS) is 14.4. The number of halogens is 1. The van der Waals surface area contributed by atoms with Crippen LogP contribution in [-0.2, 0) is 13.1 Å². The molecule has 0 amide bonds. The van der Waals surface area contributed by atoms with Gasteiger partial charge in [0.15, 0.2) is 12.1 Å². The summed E-state index contributed by atoms with van der Waals surface area (Å²) in [5.41, 5.74) is 1.10. The van der Waals surface area contributed by atoms with Gasteiger partial charge in [-0.15, -0.1) is 10.2 Å². The van der Waals surface area contributed by atoms with E-state index in [1.54, 1.807) is 12.4 Å². The Hall–Kier alpha value is -2.24. The van der Waals surface area contributed by atoms with Crippen LogP contribution < -0.4 is 4.90 Å². The Morgan fingerprint density at radius 3 is 3.06 bits per heavy atom. The Morgan fingerprint density at radius 2 is 2.22 bits per heavy atom. The number of aromatic nitrogens is 3. The topological polar surface area (TPSA) is 51.0 Å². The molecular weight excluding hydrogens is 235 g/mol. The zero-order valence-electron chi connectivity index (χ0n) is 9.58. The van der Waals surface area contributed by atoms with E-state index < -0.39 is 5.82 Å². The van der Waals surface area contributed by atoms with Gasteiger partial charge in [0.1, 0.15) is 12.1 Å². The lowest BCUT2D eigenvalue weighted by Crippen LogP contribution is -2.34. The highest BCUT2D eigenvalue weighted by atomic mass is 19.1. The van der Waals surface area contributed by atoms with Gasteiger partial charge in [0.25, 0.3) is 0 Å². The lowest BCUT2D eigenvalue weighted by Gasteiger charge is -2.29. The predicted molar refractivity (Wildman–Crippen MR) is 62.9 cm³/mol. The van der Waals surface area contributed by atoms with Gasteiger partial charge in [-0.3, -0.25) is 4.79 Å². The number of rotatable bonds is 2. The van der Waals surface area contributed by atoms with Crippen molar-refractivity contribution < 1.29 is 9.18 Å². The second kappa shape index (κ2) is 4.21. The van der Waals surface area contributed by atoms with E-state index in [2.05, 4.69) is 10.2 Å². The number of carbonyl (C=O) groups is 1. The van der Waals surface area contributed by atoms with Crippen molar-refractivity contribution in [2.45, 2.75) is 13.1 Å². The average Bonchev–Trinajstić information content (AvgIpc) is 2.85. The van der Waals surface area contributed by atoms with Crippen molar-refractivity contribution in [2.75, 3.05) is 11.4 Å². The van der Waals surface area contributed by atoms with E-state index in [4.69, 9.17) is 0 Å². The molecule has 1 aromatic heterocycles. The third-order valence-corrected chi connectivity index (χ3v) is 3.10. The molecule has 0 radical (unpaired) electrons. The van der Waals surface area contributed by atoms with Crippen LogP contribution in [0.3, 0.4) is 0 Å². The van der Waals surface area contributed by atoms with Gasteiger partial charge >= 0.3 is 0 Å². The molecule has 0 fully saturated rings. The lowest BCUT2D eigenvalue weighted by molar-refractivity contribution is 0.112. The van der Waals surface area contributed by atoms with E-state index in [-0.39, 0.29) is 0 Å².